The van der Waals surface area contributed by atoms with Crippen LogP contribution in [-0.4, -0.2) is 33.1 Å². The van der Waals surface area contributed by atoms with E-state index in [1.165, 1.54) is 6.20 Å². The number of para-hydroxylation sites is 2. The Morgan fingerprint density at radius 2 is 2.12 bits per heavy atom. The van der Waals surface area contributed by atoms with Crippen LogP contribution in [-0.2, 0) is 6.54 Å². The molecule has 7 heteroatoms. The summed E-state index contributed by atoms with van der Waals surface area (Å²) in [5, 5.41) is 3.21. The third-order valence-electron chi connectivity index (χ3n) is 3.88. The van der Waals surface area contributed by atoms with Crippen molar-refractivity contribution in [3.63, 3.8) is 0 Å². The van der Waals surface area contributed by atoms with Gasteiger partial charge in [0, 0.05) is 19.3 Å². The second-order valence-electron chi connectivity index (χ2n) is 6.23. The summed E-state index contributed by atoms with van der Waals surface area (Å²) in [5.74, 6) is 1.02. The second-order valence-corrected chi connectivity index (χ2v) is 6.64. The minimum Gasteiger partial charge on any atom is -0.474 e. The van der Waals surface area contributed by atoms with Crippen molar-refractivity contribution in [2.24, 2.45) is 0 Å². The number of hydrogen-bond acceptors (Lipinski definition) is 4. The molecule has 6 nitrogen and oxygen atoms in total. The fourth-order valence-corrected chi connectivity index (χ4v) is 2.93. The number of benzene rings is 1. The molecule has 0 aliphatic rings. The fourth-order valence-electron chi connectivity index (χ4n) is 2.72. The van der Waals surface area contributed by atoms with Crippen LogP contribution in [0, 0.1) is 6.92 Å². The van der Waals surface area contributed by atoms with Gasteiger partial charge in [-0.2, -0.15) is 0 Å². The summed E-state index contributed by atoms with van der Waals surface area (Å²) >= 11 is 6.14. The van der Waals surface area contributed by atoms with Crippen LogP contribution in [0.2, 0.25) is 5.02 Å². The van der Waals surface area contributed by atoms with Gasteiger partial charge in [-0.3, -0.25) is 4.79 Å². The molecule has 0 bridgehead atoms. The molecule has 0 spiro atoms. The lowest BCUT2D eigenvalue weighted by molar-refractivity contribution is 0.0952. The molecule has 0 aliphatic carbocycles. The van der Waals surface area contributed by atoms with Crippen molar-refractivity contribution in [1.29, 1.82) is 0 Å². The fraction of sp³-hybridized carbons (Fsp3) is 0.316. The Hall–Kier alpha value is -2.60. The average Bonchev–Trinajstić information content (AvgIpc) is 2.92. The molecular weight excluding hydrogens is 352 g/mol. The van der Waals surface area contributed by atoms with Gasteiger partial charge in [0.05, 0.1) is 22.7 Å². The second kappa shape index (κ2) is 7.74. The molecule has 26 heavy (non-hydrogen) atoms. The number of hydrogen-bond donors (Lipinski definition) is 1. The predicted octanol–water partition coefficient (Wildman–Crippen LogP) is 3.61. The zero-order valence-electron chi connectivity index (χ0n) is 15.0. The summed E-state index contributed by atoms with van der Waals surface area (Å²) in [6.45, 7) is 6.84. The van der Waals surface area contributed by atoms with Gasteiger partial charge in [0.1, 0.15) is 10.8 Å². The van der Waals surface area contributed by atoms with Gasteiger partial charge in [-0.15, -0.1) is 0 Å². The number of rotatable bonds is 6. The summed E-state index contributed by atoms with van der Waals surface area (Å²) in [4.78, 5) is 21.0. The number of halogens is 1. The highest BCUT2D eigenvalue weighted by molar-refractivity contribution is 6.32. The number of imidazole rings is 1. The van der Waals surface area contributed by atoms with Crippen LogP contribution >= 0.6 is 11.6 Å². The Labute approximate surface area is 157 Å². The molecule has 1 aromatic carbocycles. The minimum atomic E-state index is -0.224. The lowest BCUT2D eigenvalue weighted by atomic mass is 10.2. The third-order valence-corrected chi connectivity index (χ3v) is 4.15. The van der Waals surface area contributed by atoms with Gasteiger partial charge < -0.3 is 14.6 Å². The van der Waals surface area contributed by atoms with Crippen molar-refractivity contribution in [3.8, 4) is 5.88 Å². The standard InChI is InChI=1S/C19H21ClN4O2/c1-12(2)26-19-15(20)10-14(11-22-19)18(25)21-8-9-24-13(3)23-16-6-4-5-7-17(16)24/h4-7,10-12H,8-9H2,1-3H3,(H,21,25). The molecular formula is C19H21ClN4O2. The van der Waals surface area contributed by atoms with Crippen LogP contribution in [0.25, 0.3) is 11.0 Å². The Morgan fingerprint density at radius 1 is 1.35 bits per heavy atom. The molecule has 3 aromatic rings. The van der Waals surface area contributed by atoms with Gasteiger partial charge >= 0.3 is 0 Å². The van der Waals surface area contributed by atoms with Crippen LogP contribution in [0.4, 0.5) is 0 Å². The number of ether oxygens (including phenoxy) is 1. The maximum atomic E-state index is 12.3. The minimum absolute atomic E-state index is 0.0343. The summed E-state index contributed by atoms with van der Waals surface area (Å²) in [5.41, 5.74) is 2.41. The molecule has 0 radical (unpaired) electrons. The molecule has 2 heterocycles. The monoisotopic (exact) mass is 372 g/mol. The molecule has 1 amide bonds. The van der Waals surface area contributed by atoms with Gasteiger partial charge in [0.15, 0.2) is 0 Å². The molecule has 0 unspecified atom stereocenters. The topological polar surface area (TPSA) is 69.0 Å². The zero-order valence-corrected chi connectivity index (χ0v) is 15.7. The maximum Gasteiger partial charge on any atom is 0.252 e. The van der Waals surface area contributed by atoms with Gasteiger partial charge in [0.25, 0.3) is 5.91 Å². The van der Waals surface area contributed by atoms with Crippen molar-refractivity contribution in [2.75, 3.05) is 6.54 Å². The van der Waals surface area contributed by atoms with Crippen molar-refractivity contribution >= 4 is 28.5 Å². The number of carbonyl (C=O) groups excluding carboxylic acids is 1. The van der Waals surface area contributed by atoms with E-state index in [0.29, 0.717) is 29.6 Å². The molecule has 1 N–H and O–H groups in total. The van der Waals surface area contributed by atoms with Crippen molar-refractivity contribution < 1.29 is 9.53 Å². The first-order valence-electron chi connectivity index (χ1n) is 8.48. The number of aryl methyl sites for hydroxylation is 1. The van der Waals surface area contributed by atoms with Crippen LogP contribution < -0.4 is 10.1 Å². The number of pyridine rings is 1. The molecule has 136 valence electrons. The molecule has 2 aromatic heterocycles. The average molecular weight is 373 g/mol. The van der Waals surface area contributed by atoms with Crippen molar-refractivity contribution in [2.45, 2.75) is 33.4 Å². The Bertz CT molecular complexity index is 936. The van der Waals surface area contributed by atoms with E-state index in [2.05, 4.69) is 19.9 Å². The van der Waals surface area contributed by atoms with Gasteiger partial charge in [-0.25, -0.2) is 9.97 Å². The molecule has 0 aliphatic heterocycles. The lowest BCUT2D eigenvalue weighted by Crippen LogP contribution is -2.27. The number of nitrogens with zero attached hydrogens (tertiary/aromatic N) is 3. The summed E-state index contributed by atoms with van der Waals surface area (Å²) < 4.78 is 7.56. The van der Waals surface area contributed by atoms with E-state index in [1.807, 2.05) is 45.0 Å². The number of amides is 1. The van der Waals surface area contributed by atoms with Crippen LogP contribution in [0.3, 0.4) is 0 Å². The predicted molar refractivity (Wildman–Crippen MR) is 102 cm³/mol. The quantitative estimate of drug-likeness (QED) is 0.717. The lowest BCUT2D eigenvalue weighted by Gasteiger charge is -2.11. The van der Waals surface area contributed by atoms with E-state index in [9.17, 15) is 4.79 Å². The van der Waals surface area contributed by atoms with Gasteiger partial charge in [0.2, 0.25) is 5.88 Å². The van der Waals surface area contributed by atoms with E-state index in [1.54, 1.807) is 6.07 Å². The van der Waals surface area contributed by atoms with Crippen LogP contribution in [0.15, 0.2) is 36.5 Å². The van der Waals surface area contributed by atoms with Crippen molar-refractivity contribution in [3.05, 3.63) is 52.9 Å². The van der Waals surface area contributed by atoms with Gasteiger partial charge in [-0.05, 0) is 39.0 Å². The Kier molecular flexibility index (Phi) is 5.42. The number of nitrogens with one attached hydrogen (secondary N) is 1. The maximum absolute atomic E-state index is 12.3. The molecule has 0 fully saturated rings. The molecule has 3 rings (SSSR count). The van der Waals surface area contributed by atoms with Crippen molar-refractivity contribution in [1.82, 2.24) is 19.9 Å². The Balaban J connectivity index is 1.64. The van der Waals surface area contributed by atoms with E-state index in [-0.39, 0.29) is 12.0 Å². The first kappa shape index (κ1) is 18.2. The number of aromatic nitrogens is 3. The normalized spacial score (nSPS) is 11.1. The first-order chi connectivity index (χ1) is 12.5. The summed E-state index contributed by atoms with van der Waals surface area (Å²) in [6, 6.07) is 9.51. The highest BCUT2D eigenvalue weighted by atomic mass is 35.5. The summed E-state index contributed by atoms with van der Waals surface area (Å²) in [6.07, 6.45) is 1.43. The molecule has 0 saturated carbocycles. The van der Waals surface area contributed by atoms with E-state index in [4.69, 9.17) is 16.3 Å². The highest BCUT2D eigenvalue weighted by Crippen LogP contribution is 2.23. The first-order valence-corrected chi connectivity index (χ1v) is 8.85. The summed E-state index contributed by atoms with van der Waals surface area (Å²) in [7, 11) is 0. The third kappa shape index (κ3) is 3.96. The van der Waals surface area contributed by atoms with Crippen LogP contribution in [0.1, 0.15) is 30.0 Å². The zero-order chi connectivity index (χ0) is 18.7. The smallest absolute Gasteiger partial charge is 0.252 e. The van der Waals surface area contributed by atoms with E-state index in [0.717, 1.165) is 16.9 Å². The molecule has 0 atom stereocenters. The van der Waals surface area contributed by atoms with Gasteiger partial charge in [-0.1, -0.05) is 23.7 Å². The Morgan fingerprint density at radius 3 is 2.85 bits per heavy atom. The largest absolute Gasteiger partial charge is 0.474 e. The molecule has 0 saturated heterocycles. The number of fused-ring (bicyclic) bond motifs is 1. The highest BCUT2D eigenvalue weighted by Gasteiger charge is 2.12. The number of carbonyl (C=O) groups is 1. The SMILES string of the molecule is Cc1nc2ccccc2n1CCNC(=O)c1cnc(OC(C)C)c(Cl)c1. The van der Waals surface area contributed by atoms with E-state index >= 15 is 0 Å². The van der Waals surface area contributed by atoms with Crippen LogP contribution in [0.5, 0.6) is 5.88 Å². The van der Waals surface area contributed by atoms with E-state index < -0.39 is 0 Å².